The largest absolute Gasteiger partial charge is 0.344 e. The van der Waals surface area contributed by atoms with Gasteiger partial charge >= 0.3 is 0 Å². The van der Waals surface area contributed by atoms with Gasteiger partial charge in [0.25, 0.3) is 0 Å². The van der Waals surface area contributed by atoms with Crippen LogP contribution in [0.2, 0.25) is 0 Å². The molecule has 0 N–H and O–H groups in total. The standard InChI is InChI=1S/C65H57N3.C44H43N3/c1-6-45-17-25-51(26-18-45)66(52-27-19-46(7-2)20-28-52)56-34-38-64-62(42-56)63-43-57(67(53-29-21-47(8-3)22-30-53)54-31-23-48(9-4)24-32-54)35-39-65(63)68(64)55-33-37-59-50(41-55)13-11-15-61(59)60-14-10-12-49-40-44(5)16-36-58(49)60;1-6-32-11-19-36(20-12-32)46(35-17-9-31(4)10-18-35)39-25-27-43-41(29-39)42-30-40(26-28-44(42)45(43)5)47(37-21-13-33(7-2)14-22-37)38-23-15-34(8-3)16-24-38/h10-43H,6-9H2,1-5H3;9-30H,6-8H2,1-5H3. The number of aryl methyl sites for hydroxylation is 10. The second-order valence-electron chi connectivity index (χ2n) is 30.8. The summed E-state index contributed by atoms with van der Waals surface area (Å²) in [6.07, 6.45) is 7.08. The smallest absolute Gasteiger partial charge is 0.0542 e. The van der Waals surface area contributed by atoms with E-state index < -0.39 is 0 Å². The second kappa shape index (κ2) is 32.5. The second-order valence-corrected chi connectivity index (χ2v) is 30.8. The van der Waals surface area contributed by atoms with Gasteiger partial charge < -0.3 is 28.7 Å². The number of rotatable bonds is 21. The van der Waals surface area contributed by atoms with Crippen molar-refractivity contribution in [3.8, 4) is 16.8 Å². The highest BCUT2D eigenvalue weighted by Crippen LogP contribution is 2.47. The molecule has 0 unspecified atom stereocenters. The van der Waals surface area contributed by atoms with Crippen LogP contribution in [-0.4, -0.2) is 9.13 Å². The molecule has 0 fully saturated rings. The van der Waals surface area contributed by atoms with Crippen LogP contribution in [-0.2, 0) is 52.0 Å². The molecule has 0 amide bonds. The van der Waals surface area contributed by atoms with Gasteiger partial charge in [-0.3, -0.25) is 0 Å². The zero-order chi connectivity index (χ0) is 78.8. The SMILES string of the molecule is CCc1ccc(N(c2ccc(C)cc2)c2ccc3c(c2)c2cc(N(c4ccc(CC)cc4)c4ccc(CC)cc4)ccc2n3C)cc1.CCc1ccc(N(c2ccc(CC)cc2)c2ccc3c(c2)c2cc(N(c4ccc(CC)cc4)c4ccc(CC)cc4)ccc2n3-c2ccc3c(-c4cccc5cc(C)ccc45)cccc3c2)cc1. The Morgan fingerprint density at radius 3 is 0.748 bits per heavy atom. The van der Waals surface area contributed by atoms with Crippen molar-refractivity contribution in [1.29, 1.82) is 0 Å². The fourth-order valence-electron chi connectivity index (χ4n) is 17.0. The fourth-order valence-corrected chi connectivity index (χ4v) is 17.0. The molecule has 18 rings (SSSR count). The molecule has 6 heteroatoms. The minimum atomic E-state index is 1.00. The van der Waals surface area contributed by atoms with Crippen molar-refractivity contribution in [3.63, 3.8) is 0 Å². The van der Waals surface area contributed by atoms with Crippen molar-refractivity contribution in [2.45, 2.75) is 107 Å². The summed E-state index contributed by atoms with van der Waals surface area (Å²) in [6, 6.07) is 127. The maximum atomic E-state index is 2.47. The summed E-state index contributed by atoms with van der Waals surface area (Å²) >= 11 is 0. The Bertz CT molecular complexity index is 6210. The van der Waals surface area contributed by atoms with Crippen molar-refractivity contribution >= 4 is 133 Å². The Balaban J connectivity index is 0.000000178. The average Bonchev–Trinajstić information content (AvgIpc) is 1.60. The predicted molar refractivity (Wildman–Crippen MR) is 496 cm³/mol. The Morgan fingerprint density at radius 2 is 0.452 bits per heavy atom. The Labute approximate surface area is 678 Å². The summed E-state index contributed by atoms with van der Waals surface area (Å²) in [4.78, 5) is 9.58. The molecular formula is C109H100N6. The Hall–Kier alpha value is -13.2. The van der Waals surface area contributed by atoms with Crippen molar-refractivity contribution < 1.29 is 0 Å². The molecule has 0 radical (unpaired) electrons. The Kier molecular flexibility index (Phi) is 21.1. The molecule has 0 saturated carbocycles. The molecule has 115 heavy (non-hydrogen) atoms. The summed E-state index contributed by atoms with van der Waals surface area (Å²) in [5, 5.41) is 9.87. The van der Waals surface area contributed by atoms with E-state index in [0.717, 1.165) is 130 Å². The summed E-state index contributed by atoms with van der Waals surface area (Å²) in [5.41, 5.74) is 34.0. The quantitative estimate of drug-likeness (QED) is 0.0715. The molecule has 566 valence electrons. The van der Waals surface area contributed by atoms with Crippen LogP contribution in [0.5, 0.6) is 0 Å². The first kappa shape index (κ1) is 74.6. The first-order chi connectivity index (χ1) is 56.4. The number of nitrogens with zero attached hydrogens (tertiary/aromatic N) is 6. The molecule has 2 aromatic heterocycles. The fraction of sp³-hybridized carbons (Fsp3) is 0.156. The van der Waals surface area contributed by atoms with Crippen molar-refractivity contribution in [2.24, 2.45) is 7.05 Å². The minimum absolute atomic E-state index is 1.00. The van der Waals surface area contributed by atoms with E-state index in [1.165, 1.54) is 115 Å². The van der Waals surface area contributed by atoms with Gasteiger partial charge in [-0.05, 0) is 312 Å². The van der Waals surface area contributed by atoms with Crippen molar-refractivity contribution in [2.75, 3.05) is 19.6 Å². The van der Waals surface area contributed by atoms with Gasteiger partial charge in [-0.25, -0.2) is 0 Å². The maximum Gasteiger partial charge on any atom is 0.0542 e. The van der Waals surface area contributed by atoms with E-state index in [9.17, 15) is 0 Å². The highest BCUT2D eigenvalue weighted by molar-refractivity contribution is 6.14. The molecule has 6 nitrogen and oxygen atoms in total. The molecule has 0 aliphatic rings. The topological polar surface area (TPSA) is 22.8 Å². The zero-order valence-corrected chi connectivity index (χ0v) is 68.0. The zero-order valence-electron chi connectivity index (χ0n) is 68.0. The van der Waals surface area contributed by atoms with Crippen molar-refractivity contribution in [3.05, 3.63) is 390 Å². The van der Waals surface area contributed by atoms with Crippen LogP contribution in [0.25, 0.3) is 82.0 Å². The third-order valence-corrected chi connectivity index (χ3v) is 23.7. The number of aromatic nitrogens is 2. The van der Waals surface area contributed by atoms with Gasteiger partial charge in [0.05, 0.1) is 11.0 Å². The van der Waals surface area contributed by atoms with Crippen LogP contribution in [0.4, 0.5) is 68.2 Å². The van der Waals surface area contributed by atoms with Gasteiger partial charge in [0.15, 0.2) is 0 Å². The molecule has 2 heterocycles. The number of fused-ring (bicyclic) bond motifs is 8. The summed E-state index contributed by atoms with van der Waals surface area (Å²) in [5.74, 6) is 0. The van der Waals surface area contributed by atoms with Crippen LogP contribution in [0.15, 0.2) is 340 Å². The Morgan fingerprint density at radius 1 is 0.209 bits per heavy atom. The van der Waals surface area contributed by atoms with Crippen LogP contribution in [0, 0.1) is 13.8 Å². The van der Waals surface area contributed by atoms with Crippen LogP contribution >= 0.6 is 0 Å². The molecule has 0 spiro atoms. The average molecular weight is 1490 g/mol. The predicted octanol–water partition coefficient (Wildman–Crippen LogP) is 30.5. The number of hydrogen-bond donors (Lipinski definition) is 0. The first-order valence-corrected chi connectivity index (χ1v) is 41.4. The summed E-state index contributed by atoms with van der Waals surface area (Å²) < 4.78 is 4.79. The van der Waals surface area contributed by atoms with Gasteiger partial charge in [0.2, 0.25) is 0 Å². The lowest BCUT2D eigenvalue weighted by Crippen LogP contribution is -2.10. The van der Waals surface area contributed by atoms with E-state index in [-0.39, 0.29) is 0 Å². The van der Waals surface area contributed by atoms with Gasteiger partial charge in [0.1, 0.15) is 0 Å². The summed E-state index contributed by atoms with van der Waals surface area (Å²) in [6.45, 7) is 19.8. The lowest BCUT2D eigenvalue weighted by atomic mass is 9.93. The third kappa shape index (κ3) is 14.7. The number of hydrogen-bond acceptors (Lipinski definition) is 4. The highest BCUT2D eigenvalue weighted by atomic mass is 15.2. The van der Waals surface area contributed by atoms with E-state index >= 15 is 0 Å². The number of anilines is 12. The molecule has 16 aromatic carbocycles. The van der Waals surface area contributed by atoms with Crippen LogP contribution in [0.3, 0.4) is 0 Å². The third-order valence-electron chi connectivity index (χ3n) is 23.7. The van der Waals surface area contributed by atoms with E-state index in [2.05, 4.69) is 438 Å². The maximum absolute atomic E-state index is 2.47. The molecule has 0 saturated heterocycles. The minimum Gasteiger partial charge on any atom is -0.344 e. The molecule has 0 atom stereocenters. The van der Waals surface area contributed by atoms with Crippen molar-refractivity contribution in [1.82, 2.24) is 9.13 Å². The first-order valence-electron chi connectivity index (χ1n) is 41.4. The summed E-state index contributed by atoms with van der Waals surface area (Å²) in [7, 11) is 2.18. The lowest BCUT2D eigenvalue weighted by Gasteiger charge is -2.26. The monoisotopic (exact) mass is 1490 g/mol. The lowest BCUT2D eigenvalue weighted by molar-refractivity contribution is 1.01. The highest BCUT2D eigenvalue weighted by Gasteiger charge is 2.24. The van der Waals surface area contributed by atoms with Gasteiger partial charge in [-0.2, -0.15) is 0 Å². The van der Waals surface area contributed by atoms with E-state index in [1.807, 2.05) is 0 Å². The molecule has 0 aliphatic heterocycles. The van der Waals surface area contributed by atoms with Crippen LogP contribution < -0.4 is 19.6 Å². The van der Waals surface area contributed by atoms with Gasteiger partial charge in [-0.15, -0.1) is 0 Å². The van der Waals surface area contributed by atoms with Gasteiger partial charge in [-0.1, -0.05) is 217 Å². The normalized spacial score (nSPS) is 11.5. The molecule has 0 bridgehead atoms. The number of benzene rings is 16. The van der Waals surface area contributed by atoms with Crippen LogP contribution in [0.1, 0.15) is 98.5 Å². The van der Waals surface area contributed by atoms with E-state index in [0.29, 0.717) is 0 Å². The molecular weight excluding hydrogens is 1390 g/mol. The van der Waals surface area contributed by atoms with E-state index in [4.69, 9.17) is 0 Å². The van der Waals surface area contributed by atoms with Gasteiger partial charge in [0, 0.05) is 114 Å². The van der Waals surface area contributed by atoms with E-state index in [1.54, 1.807) is 0 Å². The molecule has 18 aromatic rings. The molecule has 0 aliphatic carbocycles.